The number of hydrogen-bond acceptors (Lipinski definition) is 2. The van der Waals surface area contributed by atoms with Gasteiger partial charge in [0, 0.05) is 31.2 Å². The first-order valence-electron chi connectivity index (χ1n) is 12.1. The van der Waals surface area contributed by atoms with Crippen molar-refractivity contribution in [1.82, 2.24) is 4.90 Å². The molecule has 168 valence electrons. The van der Waals surface area contributed by atoms with E-state index < -0.39 is 0 Å². The van der Waals surface area contributed by atoms with Crippen LogP contribution in [0.5, 0.6) is 0 Å². The van der Waals surface area contributed by atoms with Crippen LogP contribution in [0.1, 0.15) is 63.1 Å². The number of nitrogens with zero attached hydrogens (tertiary/aromatic N) is 2. The molecule has 4 nitrogen and oxygen atoms in total. The Morgan fingerprint density at radius 2 is 1.56 bits per heavy atom. The summed E-state index contributed by atoms with van der Waals surface area (Å²) in [5, 5.41) is 0. The maximum absolute atomic E-state index is 13.5. The minimum Gasteiger partial charge on any atom is -0.342 e. The standard InChI is InChI=1S/C28H34N2O2/c1-27(2,3)22-8-10-23(11-9-22)28(15-16-28)26(32)29-17-12-21(13-18-29)25(31)30-19-14-20-6-4-5-7-24(20)30/h4-11,21H,12-19H2,1-3H3. The lowest BCUT2D eigenvalue weighted by molar-refractivity contribution is -0.137. The average molecular weight is 431 g/mol. The second-order valence-electron chi connectivity index (χ2n) is 10.8. The highest BCUT2D eigenvalue weighted by Gasteiger charge is 2.53. The summed E-state index contributed by atoms with van der Waals surface area (Å²) in [6, 6.07) is 16.9. The van der Waals surface area contributed by atoms with Crippen molar-refractivity contribution < 1.29 is 9.59 Å². The first-order chi connectivity index (χ1) is 15.3. The van der Waals surface area contributed by atoms with E-state index in [1.165, 1.54) is 11.1 Å². The fraction of sp³-hybridized carbons (Fsp3) is 0.500. The van der Waals surface area contributed by atoms with Crippen LogP contribution in [0.25, 0.3) is 0 Å². The molecule has 3 aliphatic rings. The lowest BCUT2D eigenvalue weighted by Gasteiger charge is -2.35. The first-order valence-corrected chi connectivity index (χ1v) is 12.1. The molecule has 1 aliphatic carbocycles. The summed E-state index contributed by atoms with van der Waals surface area (Å²) in [6.45, 7) is 8.80. The minimum absolute atomic E-state index is 0.0198. The number of fused-ring (bicyclic) bond motifs is 1. The summed E-state index contributed by atoms with van der Waals surface area (Å²) >= 11 is 0. The number of para-hydroxylation sites is 1. The normalized spacial score (nSPS) is 20.2. The van der Waals surface area contributed by atoms with Gasteiger partial charge >= 0.3 is 0 Å². The predicted octanol–water partition coefficient (Wildman–Crippen LogP) is 4.84. The number of benzene rings is 2. The van der Waals surface area contributed by atoms with Crippen molar-refractivity contribution in [2.45, 2.75) is 63.7 Å². The summed E-state index contributed by atoms with van der Waals surface area (Å²) < 4.78 is 0. The molecule has 2 aromatic rings. The van der Waals surface area contributed by atoms with Crippen LogP contribution >= 0.6 is 0 Å². The molecule has 2 amide bonds. The molecule has 32 heavy (non-hydrogen) atoms. The molecule has 0 N–H and O–H groups in total. The van der Waals surface area contributed by atoms with Crippen molar-refractivity contribution in [1.29, 1.82) is 0 Å². The molecule has 4 heteroatoms. The molecule has 0 spiro atoms. The number of carbonyl (C=O) groups excluding carboxylic acids is 2. The number of anilines is 1. The van der Waals surface area contributed by atoms with E-state index in [4.69, 9.17) is 0 Å². The van der Waals surface area contributed by atoms with Crippen LogP contribution in [-0.2, 0) is 26.8 Å². The van der Waals surface area contributed by atoms with Crippen molar-refractivity contribution in [2.24, 2.45) is 5.92 Å². The maximum atomic E-state index is 13.5. The van der Waals surface area contributed by atoms with E-state index in [2.05, 4.69) is 57.2 Å². The van der Waals surface area contributed by atoms with Gasteiger partial charge in [-0.05, 0) is 60.3 Å². The van der Waals surface area contributed by atoms with Gasteiger partial charge in [-0.2, -0.15) is 0 Å². The second-order valence-corrected chi connectivity index (χ2v) is 10.8. The summed E-state index contributed by atoms with van der Waals surface area (Å²) in [7, 11) is 0. The Hall–Kier alpha value is -2.62. The molecule has 0 aromatic heterocycles. The second kappa shape index (κ2) is 7.75. The van der Waals surface area contributed by atoms with Crippen LogP contribution < -0.4 is 4.90 Å². The fourth-order valence-corrected chi connectivity index (χ4v) is 5.46. The van der Waals surface area contributed by atoms with Gasteiger partial charge in [0.15, 0.2) is 0 Å². The third-order valence-corrected chi connectivity index (χ3v) is 7.75. The highest BCUT2D eigenvalue weighted by molar-refractivity contribution is 5.97. The Bertz CT molecular complexity index is 1020. The van der Waals surface area contributed by atoms with Crippen LogP contribution in [0.2, 0.25) is 0 Å². The van der Waals surface area contributed by atoms with Gasteiger partial charge in [0.05, 0.1) is 5.41 Å². The first kappa shape index (κ1) is 21.2. The van der Waals surface area contributed by atoms with Crippen molar-refractivity contribution in [3.05, 3.63) is 65.2 Å². The van der Waals surface area contributed by atoms with E-state index in [1.807, 2.05) is 21.9 Å². The molecule has 2 fully saturated rings. The highest BCUT2D eigenvalue weighted by atomic mass is 16.2. The Morgan fingerprint density at radius 3 is 2.19 bits per heavy atom. The van der Waals surface area contributed by atoms with Gasteiger partial charge in [-0.1, -0.05) is 63.2 Å². The topological polar surface area (TPSA) is 40.6 Å². The van der Waals surface area contributed by atoms with E-state index in [9.17, 15) is 9.59 Å². The third kappa shape index (κ3) is 3.64. The van der Waals surface area contributed by atoms with Gasteiger partial charge in [-0.15, -0.1) is 0 Å². The van der Waals surface area contributed by atoms with Gasteiger partial charge in [0.2, 0.25) is 11.8 Å². The monoisotopic (exact) mass is 430 g/mol. The molecule has 2 aromatic carbocycles. The Kier molecular flexibility index (Phi) is 5.15. The van der Waals surface area contributed by atoms with E-state index in [0.29, 0.717) is 13.1 Å². The van der Waals surface area contributed by atoms with Gasteiger partial charge < -0.3 is 9.80 Å². The molecule has 2 heterocycles. The lowest BCUT2D eigenvalue weighted by atomic mass is 9.84. The number of piperidine rings is 1. The van der Waals surface area contributed by atoms with Crippen LogP contribution in [0.3, 0.4) is 0 Å². The molecule has 0 radical (unpaired) electrons. The third-order valence-electron chi connectivity index (χ3n) is 7.75. The summed E-state index contributed by atoms with van der Waals surface area (Å²) in [5.41, 5.74) is 4.58. The smallest absolute Gasteiger partial charge is 0.233 e. The van der Waals surface area contributed by atoms with Crippen molar-refractivity contribution >= 4 is 17.5 Å². The predicted molar refractivity (Wildman–Crippen MR) is 128 cm³/mol. The van der Waals surface area contributed by atoms with Crippen LogP contribution in [-0.4, -0.2) is 36.3 Å². The zero-order valence-corrected chi connectivity index (χ0v) is 19.6. The minimum atomic E-state index is -0.332. The van der Waals surface area contributed by atoms with Crippen molar-refractivity contribution in [3.63, 3.8) is 0 Å². The van der Waals surface area contributed by atoms with Crippen LogP contribution in [0.4, 0.5) is 5.69 Å². The van der Waals surface area contributed by atoms with Crippen LogP contribution in [0, 0.1) is 5.92 Å². The van der Waals surface area contributed by atoms with Gasteiger partial charge in [-0.3, -0.25) is 9.59 Å². The molecule has 0 atom stereocenters. The molecule has 1 saturated carbocycles. The van der Waals surface area contributed by atoms with E-state index in [0.717, 1.165) is 49.9 Å². The Balaban J connectivity index is 1.23. The van der Waals surface area contributed by atoms with Crippen LogP contribution in [0.15, 0.2) is 48.5 Å². The molecular formula is C28H34N2O2. The number of carbonyl (C=O) groups is 2. The van der Waals surface area contributed by atoms with E-state index >= 15 is 0 Å². The highest BCUT2D eigenvalue weighted by Crippen LogP contribution is 2.50. The van der Waals surface area contributed by atoms with Gasteiger partial charge in [-0.25, -0.2) is 0 Å². The molecule has 0 bridgehead atoms. The zero-order valence-electron chi connectivity index (χ0n) is 19.6. The molecular weight excluding hydrogens is 396 g/mol. The molecule has 1 saturated heterocycles. The van der Waals surface area contributed by atoms with E-state index in [-0.39, 0.29) is 28.6 Å². The van der Waals surface area contributed by atoms with Gasteiger partial charge in [0.1, 0.15) is 0 Å². The van der Waals surface area contributed by atoms with E-state index in [1.54, 1.807) is 0 Å². The molecule has 5 rings (SSSR count). The summed E-state index contributed by atoms with van der Waals surface area (Å²) in [6.07, 6.45) is 4.34. The van der Waals surface area contributed by atoms with Crippen molar-refractivity contribution in [2.75, 3.05) is 24.5 Å². The molecule has 2 aliphatic heterocycles. The summed E-state index contributed by atoms with van der Waals surface area (Å²) in [4.78, 5) is 30.7. The zero-order chi connectivity index (χ0) is 22.5. The quantitative estimate of drug-likeness (QED) is 0.699. The number of amides is 2. The van der Waals surface area contributed by atoms with Gasteiger partial charge in [0.25, 0.3) is 0 Å². The lowest BCUT2D eigenvalue weighted by Crippen LogP contribution is -2.47. The molecule has 0 unspecified atom stereocenters. The number of rotatable bonds is 3. The number of hydrogen-bond donors (Lipinski definition) is 0. The summed E-state index contributed by atoms with van der Waals surface area (Å²) in [5.74, 6) is 0.519. The largest absolute Gasteiger partial charge is 0.342 e. The fourth-order valence-electron chi connectivity index (χ4n) is 5.46. The number of likely N-dealkylation sites (tertiary alicyclic amines) is 1. The SMILES string of the molecule is CC(C)(C)c1ccc(C2(C(=O)N3CCC(C(=O)N4CCc5ccccc54)CC3)CC2)cc1. The Labute approximate surface area is 191 Å². The Morgan fingerprint density at radius 1 is 0.906 bits per heavy atom. The van der Waals surface area contributed by atoms with Crippen molar-refractivity contribution in [3.8, 4) is 0 Å². The average Bonchev–Trinajstić information content (AvgIpc) is 3.51. The maximum Gasteiger partial charge on any atom is 0.233 e.